The van der Waals surface area contributed by atoms with Gasteiger partial charge in [-0.2, -0.15) is 0 Å². The third kappa shape index (κ3) is 21.3. The molecule has 0 radical (unpaired) electrons. The van der Waals surface area contributed by atoms with Crippen LogP contribution in [0.2, 0.25) is 0 Å². The number of hydrogen-bond acceptors (Lipinski definition) is 7. The van der Waals surface area contributed by atoms with Crippen molar-refractivity contribution in [1.29, 1.82) is 0 Å². The number of ether oxygens (including phenoxy) is 1. The van der Waals surface area contributed by atoms with Gasteiger partial charge in [0.1, 0.15) is 12.1 Å². The zero-order chi connectivity index (χ0) is 25.7. The first-order valence-electron chi connectivity index (χ1n) is 12.6. The van der Waals surface area contributed by atoms with Gasteiger partial charge < -0.3 is 20.5 Å². The molecule has 0 bridgehead atoms. The molecular weight excluding hydrogens is 461 g/mol. The summed E-state index contributed by atoms with van der Waals surface area (Å²) in [5, 5.41) is 8.62. The van der Waals surface area contributed by atoms with E-state index in [-0.39, 0.29) is 13.0 Å². The molecule has 9 nitrogen and oxygen atoms in total. The van der Waals surface area contributed by atoms with Gasteiger partial charge in [-0.05, 0) is 39.0 Å². The number of carboxylic acids is 1. The smallest absolute Gasteiger partial charge is 0.472 e. The fourth-order valence-corrected chi connectivity index (χ4v) is 3.96. The van der Waals surface area contributed by atoms with Gasteiger partial charge in [0, 0.05) is 6.42 Å². The second kappa shape index (κ2) is 21.1. The molecule has 34 heavy (non-hydrogen) atoms. The fraction of sp³-hybridized carbons (Fsp3) is 0.833. The number of allylic oxidation sites excluding steroid dienone is 2. The minimum absolute atomic E-state index is 0.281. The van der Waals surface area contributed by atoms with E-state index >= 15 is 0 Å². The molecule has 0 aromatic rings. The Kier molecular flexibility index (Phi) is 20.3. The number of aliphatic carboxylic acids is 1. The van der Waals surface area contributed by atoms with Crippen molar-refractivity contribution in [2.75, 3.05) is 13.2 Å². The van der Waals surface area contributed by atoms with Crippen LogP contribution < -0.4 is 5.73 Å². The van der Waals surface area contributed by atoms with E-state index in [9.17, 15) is 19.0 Å². The molecule has 0 aromatic carbocycles. The number of rotatable bonds is 23. The van der Waals surface area contributed by atoms with Crippen molar-refractivity contribution in [3.05, 3.63) is 12.2 Å². The quantitative estimate of drug-likeness (QED) is 0.0706. The number of carbonyl (C=O) groups excluding carboxylic acids is 1. The lowest BCUT2D eigenvalue weighted by Crippen LogP contribution is -2.34. The second-order valence-corrected chi connectivity index (χ2v) is 10.1. The highest BCUT2D eigenvalue weighted by molar-refractivity contribution is 7.47. The van der Waals surface area contributed by atoms with E-state index in [4.69, 9.17) is 20.1 Å². The molecule has 0 saturated carbocycles. The van der Waals surface area contributed by atoms with Crippen LogP contribution in [0.5, 0.6) is 0 Å². The van der Waals surface area contributed by atoms with Crippen molar-refractivity contribution in [2.45, 2.75) is 116 Å². The standard InChI is InChI=1S/C24H46NO8P/c1-3-4-5-6-7-8-9-10-11-12-13-14-15-16-17-18-23(26)33-21(2)19-31-34(29,30)32-20-22(25)24(27)28/h10-11,21-22H,3-9,12-20,25H2,1-2H3,(H,27,28)(H,29,30)/b11-10-/t21-,22+/m1/s1. The van der Waals surface area contributed by atoms with E-state index in [0.29, 0.717) is 0 Å². The molecule has 0 amide bonds. The molecule has 10 heteroatoms. The van der Waals surface area contributed by atoms with E-state index in [0.717, 1.165) is 38.5 Å². The van der Waals surface area contributed by atoms with Gasteiger partial charge in [0.15, 0.2) is 0 Å². The summed E-state index contributed by atoms with van der Waals surface area (Å²) in [6, 6.07) is -1.44. The maximum Gasteiger partial charge on any atom is 0.472 e. The molecule has 3 atom stereocenters. The first kappa shape index (κ1) is 32.8. The summed E-state index contributed by atoms with van der Waals surface area (Å²) in [4.78, 5) is 31.9. The number of carbonyl (C=O) groups is 2. The number of phosphoric ester groups is 1. The minimum atomic E-state index is -4.48. The van der Waals surface area contributed by atoms with Gasteiger partial charge in [-0.15, -0.1) is 0 Å². The summed E-state index contributed by atoms with van der Waals surface area (Å²) in [5.74, 6) is -1.76. The summed E-state index contributed by atoms with van der Waals surface area (Å²) in [6.45, 7) is 2.74. The van der Waals surface area contributed by atoms with Gasteiger partial charge in [-0.3, -0.25) is 18.6 Å². The molecule has 0 saturated heterocycles. The van der Waals surface area contributed by atoms with E-state index in [1.807, 2.05) is 0 Å². The molecule has 0 heterocycles. The predicted molar refractivity (Wildman–Crippen MR) is 132 cm³/mol. The fourth-order valence-electron chi connectivity index (χ4n) is 3.14. The monoisotopic (exact) mass is 507 g/mol. The van der Waals surface area contributed by atoms with Gasteiger partial charge >= 0.3 is 19.8 Å². The van der Waals surface area contributed by atoms with E-state index < -0.39 is 38.5 Å². The predicted octanol–water partition coefficient (Wildman–Crippen LogP) is 5.50. The Balaban J connectivity index is 3.64. The van der Waals surface area contributed by atoms with Crippen LogP contribution >= 0.6 is 7.82 Å². The topological polar surface area (TPSA) is 145 Å². The molecular formula is C24H46NO8P. The highest BCUT2D eigenvalue weighted by Gasteiger charge is 2.26. The molecule has 200 valence electrons. The summed E-state index contributed by atoms with van der Waals surface area (Å²) in [7, 11) is -4.48. The Hall–Kier alpha value is -1.25. The van der Waals surface area contributed by atoms with E-state index in [1.54, 1.807) is 0 Å². The van der Waals surface area contributed by atoms with Crippen LogP contribution in [-0.2, 0) is 27.9 Å². The van der Waals surface area contributed by atoms with Gasteiger partial charge in [0.2, 0.25) is 0 Å². The van der Waals surface area contributed by atoms with Crippen molar-refractivity contribution in [3.8, 4) is 0 Å². The maximum absolute atomic E-state index is 11.9. The van der Waals surface area contributed by atoms with Gasteiger partial charge in [0.05, 0.1) is 13.2 Å². The summed E-state index contributed by atoms with van der Waals surface area (Å²) in [6.07, 6.45) is 19.4. The lowest BCUT2D eigenvalue weighted by Gasteiger charge is -2.17. The number of nitrogens with two attached hydrogens (primary N) is 1. The average Bonchev–Trinajstić information content (AvgIpc) is 2.78. The zero-order valence-corrected chi connectivity index (χ0v) is 21.9. The van der Waals surface area contributed by atoms with Crippen LogP contribution in [0.1, 0.15) is 104 Å². The van der Waals surface area contributed by atoms with Crippen LogP contribution in [0.4, 0.5) is 0 Å². The number of esters is 1. The van der Waals surface area contributed by atoms with Crippen LogP contribution in [0.3, 0.4) is 0 Å². The molecule has 0 rings (SSSR count). The van der Waals surface area contributed by atoms with Gasteiger partial charge in [-0.1, -0.05) is 70.4 Å². The SMILES string of the molecule is CCCCCCCC/C=C\CCCCCCCC(=O)O[C@H](C)COP(=O)(O)OC[C@H](N)C(=O)O. The molecule has 0 aliphatic carbocycles. The Labute approximate surface area is 205 Å². The first-order chi connectivity index (χ1) is 16.2. The zero-order valence-electron chi connectivity index (χ0n) is 21.0. The van der Waals surface area contributed by atoms with Crippen molar-refractivity contribution >= 4 is 19.8 Å². The first-order valence-corrected chi connectivity index (χ1v) is 14.1. The minimum Gasteiger partial charge on any atom is -0.480 e. The van der Waals surface area contributed by atoms with Crippen LogP contribution in [0.15, 0.2) is 12.2 Å². The van der Waals surface area contributed by atoms with Crippen molar-refractivity contribution < 1.29 is 37.9 Å². The normalized spacial score (nSPS) is 15.2. The van der Waals surface area contributed by atoms with Crippen molar-refractivity contribution in [2.24, 2.45) is 5.73 Å². The number of unbranched alkanes of at least 4 members (excludes halogenated alkanes) is 11. The number of hydrogen-bond donors (Lipinski definition) is 3. The third-order valence-corrected chi connectivity index (χ3v) is 6.13. The van der Waals surface area contributed by atoms with Crippen LogP contribution in [0.25, 0.3) is 0 Å². The summed E-state index contributed by atoms with van der Waals surface area (Å²) >= 11 is 0. The maximum atomic E-state index is 11.9. The highest BCUT2D eigenvalue weighted by atomic mass is 31.2. The Morgan fingerprint density at radius 3 is 1.94 bits per heavy atom. The van der Waals surface area contributed by atoms with E-state index in [2.05, 4.69) is 23.6 Å². The lowest BCUT2D eigenvalue weighted by atomic mass is 10.1. The second-order valence-electron chi connectivity index (χ2n) is 8.64. The van der Waals surface area contributed by atoms with Crippen molar-refractivity contribution in [3.63, 3.8) is 0 Å². The molecule has 0 aromatic heterocycles. The summed E-state index contributed by atoms with van der Waals surface area (Å²) in [5.41, 5.74) is 5.19. The number of phosphoric acid groups is 1. The third-order valence-electron chi connectivity index (χ3n) is 5.18. The lowest BCUT2D eigenvalue weighted by molar-refractivity contribution is -0.150. The van der Waals surface area contributed by atoms with Crippen LogP contribution in [0, 0.1) is 0 Å². The molecule has 1 unspecified atom stereocenters. The molecule has 0 fully saturated rings. The average molecular weight is 508 g/mol. The van der Waals surface area contributed by atoms with E-state index in [1.165, 1.54) is 51.9 Å². The Bertz CT molecular complexity index is 614. The van der Waals surface area contributed by atoms with Gasteiger partial charge in [0.25, 0.3) is 0 Å². The molecule has 0 aliphatic rings. The highest BCUT2D eigenvalue weighted by Crippen LogP contribution is 2.43. The molecule has 0 spiro atoms. The Morgan fingerprint density at radius 1 is 0.882 bits per heavy atom. The molecule has 4 N–H and O–H groups in total. The molecule has 0 aliphatic heterocycles. The Morgan fingerprint density at radius 2 is 1.38 bits per heavy atom. The largest absolute Gasteiger partial charge is 0.480 e. The van der Waals surface area contributed by atoms with Crippen LogP contribution in [-0.4, -0.2) is 47.3 Å². The number of carboxylic acid groups (broad SMARTS) is 1. The summed E-state index contributed by atoms with van der Waals surface area (Å²) < 4.78 is 26.0. The van der Waals surface area contributed by atoms with Gasteiger partial charge in [-0.25, -0.2) is 4.57 Å². The van der Waals surface area contributed by atoms with Crippen molar-refractivity contribution in [1.82, 2.24) is 0 Å².